The molecule has 0 aromatic heterocycles. The molecule has 0 saturated carbocycles. The van der Waals surface area contributed by atoms with E-state index in [1.165, 1.54) is 24.0 Å². The van der Waals surface area contributed by atoms with Crippen LogP contribution in [0.1, 0.15) is 58.2 Å². The Morgan fingerprint density at radius 3 is 2.06 bits per heavy atom. The maximum Gasteiger partial charge on any atom is 0.0369 e. The lowest BCUT2D eigenvalue weighted by Crippen LogP contribution is -2.31. The minimum atomic E-state index is 0.286. The van der Waals surface area contributed by atoms with E-state index < -0.39 is 0 Å². The van der Waals surface area contributed by atoms with E-state index in [4.69, 9.17) is 0 Å². The fourth-order valence-electron chi connectivity index (χ4n) is 2.53. The van der Waals surface area contributed by atoms with Gasteiger partial charge in [0.15, 0.2) is 0 Å². The topological polar surface area (TPSA) is 12.0 Å². The molecule has 1 nitrogen and oxygen atoms in total. The molecule has 1 unspecified atom stereocenters. The molecule has 0 aliphatic carbocycles. The molecule has 1 atom stereocenters. The lowest BCUT2D eigenvalue weighted by atomic mass is 9.78. The minimum absolute atomic E-state index is 0.286. The maximum atomic E-state index is 3.47. The summed E-state index contributed by atoms with van der Waals surface area (Å²) in [5.41, 5.74) is 3.13. The summed E-state index contributed by atoms with van der Waals surface area (Å²) in [6, 6.07) is 9.57. The van der Waals surface area contributed by atoms with Crippen LogP contribution in [-0.4, -0.2) is 7.05 Å². The van der Waals surface area contributed by atoms with Gasteiger partial charge in [0.25, 0.3) is 0 Å². The molecule has 0 radical (unpaired) electrons. The van der Waals surface area contributed by atoms with E-state index in [-0.39, 0.29) is 5.41 Å². The summed E-state index contributed by atoms with van der Waals surface area (Å²) >= 11 is 0. The number of hydrogen-bond acceptors (Lipinski definition) is 1. The first-order valence-electron chi connectivity index (χ1n) is 7.16. The van der Waals surface area contributed by atoms with Crippen molar-refractivity contribution in [3.8, 4) is 0 Å². The lowest BCUT2D eigenvalue weighted by molar-refractivity contribution is 0.245. The van der Waals surface area contributed by atoms with Crippen molar-refractivity contribution in [3.05, 3.63) is 35.4 Å². The van der Waals surface area contributed by atoms with Crippen molar-refractivity contribution >= 4 is 0 Å². The van der Waals surface area contributed by atoms with Gasteiger partial charge in [-0.1, -0.05) is 58.9 Å². The largest absolute Gasteiger partial charge is 0.313 e. The summed E-state index contributed by atoms with van der Waals surface area (Å²) in [4.78, 5) is 0. The van der Waals surface area contributed by atoms with Gasteiger partial charge < -0.3 is 5.32 Å². The third-order valence-electron chi connectivity index (χ3n) is 3.94. The second kappa shape index (κ2) is 6.38. The number of nitrogens with one attached hydrogen (secondary N) is 1. The molecule has 0 amide bonds. The predicted octanol–water partition coefficient (Wildman–Crippen LogP) is 4.58. The molecular formula is C17H29N. The molecule has 0 bridgehead atoms. The van der Waals surface area contributed by atoms with Gasteiger partial charge in [0.2, 0.25) is 0 Å². The lowest BCUT2D eigenvalue weighted by Gasteiger charge is -2.33. The normalized spacial score (nSPS) is 13.9. The third kappa shape index (κ3) is 3.84. The molecule has 1 heteroatoms. The van der Waals surface area contributed by atoms with Crippen molar-refractivity contribution in [1.29, 1.82) is 0 Å². The van der Waals surface area contributed by atoms with Gasteiger partial charge in [-0.05, 0) is 42.3 Å². The van der Waals surface area contributed by atoms with Gasteiger partial charge >= 0.3 is 0 Å². The second-order valence-corrected chi connectivity index (χ2v) is 6.40. The first kappa shape index (κ1) is 15.2. The zero-order chi connectivity index (χ0) is 13.8. The maximum absolute atomic E-state index is 3.47. The van der Waals surface area contributed by atoms with Crippen LogP contribution in [0.5, 0.6) is 0 Å². The molecule has 18 heavy (non-hydrogen) atoms. The van der Waals surface area contributed by atoms with Crippen LogP contribution in [-0.2, 0) is 6.42 Å². The Labute approximate surface area is 113 Å². The van der Waals surface area contributed by atoms with E-state index in [2.05, 4.69) is 71.2 Å². The van der Waals surface area contributed by atoms with Crippen molar-refractivity contribution in [2.75, 3.05) is 7.05 Å². The summed E-state index contributed by atoms with van der Waals surface area (Å²) in [6.07, 6.45) is 2.34. The van der Waals surface area contributed by atoms with E-state index in [0.29, 0.717) is 6.04 Å². The van der Waals surface area contributed by atoms with Crippen LogP contribution >= 0.6 is 0 Å². The van der Waals surface area contributed by atoms with Gasteiger partial charge in [-0.3, -0.25) is 0 Å². The zero-order valence-electron chi connectivity index (χ0n) is 12.9. The fraction of sp³-hybridized carbons (Fsp3) is 0.647. The predicted molar refractivity (Wildman–Crippen MR) is 80.9 cm³/mol. The average Bonchev–Trinajstić information content (AvgIpc) is 2.31. The van der Waals surface area contributed by atoms with E-state index in [9.17, 15) is 0 Å². The van der Waals surface area contributed by atoms with Crippen LogP contribution in [0.15, 0.2) is 24.3 Å². The summed E-state index contributed by atoms with van der Waals surface area (Å²) in [5, 5.41) is 3.47. The number of benzene rings is 1. The first-order chi connectivity index (χ1) is 8.40. The summed E-state index contributed by atoms with van der Waals surface area (Å²) in [6.45, 7) is 11.5. The Kier molecular flexibility index (Phi) is 5.40. The van der Waals surface area contributed by atoms with Crippen LogP contribution in [0.3, 0.4) is 0 Å². The highest BCUT2D eigenvalue weighted by atomic mass is 14.9. The quantitative estimate of drug-likeness (QED) is 0.775. The van der Waals surface area contributed by atoms with Gasteiger partial charge in [-0.2, -0.15) is 0 Å². The van der Waals surface area contributed by atoms with Gasteiger partial charge in [0.1, 0.15) is 0 Å². The summed E-state index contributed by atoms with van der Waals surface area (Å²) < 4.78 is 0. The average molecular weight is 247 g/mol. The van der Waals surface area contributed by atoms with Crippen LogP contribution in [0.25, 0.3) is 0 Å². The highest BCUT2D eigenvalue weighted by Crippen LogP contribution is 2.35. The smallest absolute Gasteiger partial charge is 0.0369 e. The Morgan fingerprint density at radius 1 is 1.11 bits per heavy atom. The van der Waals surface area contributed by atoms with Crippen LogP contribution in [0.4, 0.5) is 0 Å². The van der Waals surface area contributed by atoms with E-state index in [1.54, 1.807) is 0 Å². The standard InChI is InChI=1S/C17H29N/c1-7-17(4,5)16(18-6)15-10-8-14(9-11-15)12-13(2)3/h8-11,13,16,18H,7,12H2,1-6H3. The van der Waals surface area contributed by atoms with E-state index >= 15 is 0 Å². The van der Waals surface area contributed by atoms with Crippen molar-refractivity contribution in [3.63, 3.8) is 0 Å². The van der Waals surface area contributed by atoms with E-state index in [1.807, 2.05) is 0 Å². The van der Waals surface area contributed by atoms with Crippen LogP contribution < -0.4 is 5.32 Å². The number of hydrogen-bond donors (Lipinski definition) is 1. The molecule has 1 N–H and O–H groups in total. The molecule has 0 heterocycles. The third-order valence-corrected chi connectivity index (χ3v) is 3.94. The minimum Gasteiger partial charge on any atom is -0.313 e. The molecule has 0 aliphatic heterocycles. The molecule has 1 rings (SSSR count). The van der Waals surface area contributed by atoms with Crippen LogP contribution in [0.2, 0.25) is 0 Å². The van der Waals surface area contributed by atoms with Crippen LogP contribution in [0, 0.1) is 11.3 Å². The Hall–Kier alpha value is -0.820. The molecule has 0 spiro atoms. The molecule has 0 fully saturated rings. The molecular weight excluding hydrogens is 218 g/mol. The highest BCUT2D eigenvalue weighted by Gasteiger charge is 2.27. The van der Waals surface area contributed by atoms with Crippen molar-refractivity contribution in [2.24, 2.45) is 11.3 Å². The Morgan fingerprint density at radius 2 is 1.67 bits per heavy atom. The molecule has 0 aliphatic rings. The molecule has 1 aromatic carbocycles. The van der Waals surface area contributed by atoms with Gasteiger partial charge in [0.05, 0.1) is 0 Å². The van der Waals surface area contributed by atoms with Gasteiger partial charge in [-0.25, -0.2) is 0 Å². The van der Waals surface area contributed by atoms with Crippen molar-refractivity contribution < 1.29 is 0 Å². The fourth-order valence-corrected chi connectivity index (χ4v) is 2.53. The monoisotopic (exact) mass is 247 g/mol. The Balaban J connectivity index is 2.89. The molecule has 102 valence electrons. The van der Waals surface area contributed by atoms with Gasteiger partial charge in [-0.15, -0.1) is 0 Å². The van der Waals surface area contributed by atoms with Crippen molar-refractivity contribution in [2.45, 2.75) is 53.5 Å². The van der Waals surface area contributed by atoms with Crippen molar-refractivity contribution in [1.82, 2.24) is 5.32 Å². The Bertz CT molecular complexity index is 348. The summed E-state index contributed by atoms with van der Waals surface area (Å²) in [5.74, 6) is 0.725. The second-order valence-electron chi connectivity index (χ2n) is 6.40. The summed E-state index contributed by atoms with van der Waals surface area (Å²) in [7, 11) is 2.06. The van der Waals surface area contributed by atoms with E-state index in [0.717, 1.165) is 5.92 Å². The number of rotatable bonds is 6. The van der Waals surface area contributed by atoms with Gasteiger partial charge in [0, 0.05) is 6.04 Å². The zero-order valence-corrected chi connectivity index (χ0v) is 12.9. The first-order valence-corrected chi connectivity index (χ1v) is 7.16. The molecule has 0 saturated heterocycles. The SMILES string of the molecule is CCC(C)(C)C(NC)c1ccc(CC(C)C)cc1. The molecule has 1 aromatic rings. The highest BCUT2D eigenvalue weighted by molar-refractivity contribution is 5.26.